The topological polar surface area (TPSA) is 72.2 Å². The van der Waals surface area contributed by atoms with Gasteiger partial charge in [0.05, 0.1) is 11.8 Å². The Balaban J connectivity index is 1.95. The van der Waals surface area contributed by atoms with Gasteiger partial charge in [-0.3, -0.25) is 0 Å². The van der Waals surface area contributed by atoms with Gasteiger partial charge in [-0.25, -0.2) is 13.1 Å². The van der Waals surface area contributed by atoms with Crippen molar-refractivity contribution in [2.45, 2.75) is 11.1 Å². The number of nitrogens with zero attached hydrogens (tertiary/aromatic N) is 1. The fourth-order valence-electron chi connectivity index (χ4n) is 1.84. The van der Waals surface area contributed by atoms with Gasteiger partial charge in [-0.2, -0.15) is 0 Å². The number of sulfonamides is 1. The normalized spacial score (nSPS) is 11.5. The van der Waals surface area contributed by atoms with Gasteiger partial charge in [-0.15, -0.1) is 11.3 Å². The molecule has 5 nitrogen and oxygen atoms in total. The van der Waals surface area contributed by atoms with Crippen molar-refractivity contribution >= 4 is 27.2 Å². The van der Waals surface area contributed by atoms with Gasteiger partial charge in [0.1, 0.15) is 4.21 Å². The summed E-state index contributed by atoms with van der Waals surface area (Å²) in [5.41, 5.74) is 2.57. The molecule has 0 spiro atoms. The van der Waals surface area contributed by atoms with E-state index in [1.165, 1.54) is 12.3 Å². The molecule has 21 heavy (non-hydrogen) atoms. The molecule has 0 atom stereocenters. The lowest BCUT2D eigenvalue weighted by atomic mass is 10.1. The van der Waals surface area contributed by atoms with Crippen molar-refractivity contribution in [3.63, 3.8) is 0 Å². The molecule has 0 saturated heterocycles. The minimum Gasteiger partial charge on any atom is -0.337 e. The summed E-state index contributed by atoms with van der Waals surface area (Å²) in [5, 5.41) is 5.39. The molecule has 2 heterocycles. The number of aryl methyl sites for hydroxylation is 1. The van der Waals surface area contributed by atoms with E-state index in [4.69, 9.17) is 4.52 Å². The molecule has 7 heteroatoms. The molecule has 108 valence electrons. The number of hydrogen-bond donors (Lipinski definition) is 1. The molecule has 0 saturated carbocycles. The summed E-state index contributed by atoms with van der Waals surface area (Å²) in [6.07, 6.45) is 1.50. The second kappa shape index (κ2) is 5.34. The lowest BCUT2D eigenvalue weighted by molar-refractivity contribution is 0.436. The van der Waals surface area contributed by atoms with Gasteiger partial charge in [-0.05, 0) is 23.9 Å². The van der Waals surface area contributed by atoms with Crippen LogP contribution in [0, 0.1) is 6.92 Å². The highest BCUT2D eigenvalue weighted by Gasteiger charge is 2.20. The first-order chi connectivity index (χ1) is 10.1. The van der Waals surface area contributed by atoms with Crippen molar-refractivity contribution in [2.75, 3.05) is 4.72 Å². The van der Waals surface area contributed by atoms with Gasteiger partial charge in [0.15, 0.2) is 0 Å². The SMILES string of the molecule is Cc1ccc(-c2cnoc2NS(=O)(=O)c2cccs2)cc1. The van der Waals surface area contributed by atoms with Crippen LogP contribution in [-0.4, -0.2) is 13.6 Å². The summed E-state index contributed by atoms with van der Waals surface area (Å²) in [6, 6.07) is 10.9. The average molecular weight is 320 g/mol. The number of hydrogen-bond acceptors (Lipinski definition) is 5. The third-order valence-corrected chi connectivity index (χ3v) is 5.65. The molecule has 0 aliphatic rings. The molecular formula is C14H12N2O3S2. The summed E-state index contributed by atoms with van der Waals surface area (Å²) in [6.45, 7) is 1.98. The summed E-state index contributed by atoms with van der Waals surface area (Å²) in [5.74, 6) is 0.118. The van der Waals surface area contributed by atoms with Crippen LogP contribution in [0.15, 0.2) is 56.7 Å². The standard InChI is InChI=1S/C14H12N2O3S2/c1-10-4-6-11(7-5-10)12-9-15-19-14(12)16-21(17,18)13-3-2-8-20-13/h2-9,16H,1H3. The third-order valence-electron chi connectivity index (χ3n) is 2.92. The van der Waals surface area contributed by atoms with E-state index < -0.39 is 10.0 Å². The van der Waals surface area contributed by atoms with Crippen LogP contribution in [0.5, 0.6) is 0 Å². The van der Waals surface area contributed by atoms with Crippen molar-refractivity contribution in [1.29, 1.82) is 0 Å². The number of nitrogens with one attached hydrogen (secondary N) is 1. The van der Waals surface area contributed by atoms with Gasteiger partial charge in [0, 0.05) is 0 Å². The van der Waals surface area contributed by atoms with Gasteiger partial charge >= 0.3 is 0 Å². The Bertz CT molecular complexity index is 835. The molecule has 0 radical (unpaired) electrons. The van der Waals surface area contributed by atoms with Crippen LogP contribution < -0.4 is 4.72 Å². The summed E-state index contributed by atoms with van der Waals surface area (Å²) in [7, 11) is -3.64. The maximum absolute atomic E-state index is 12.2. The average Bonchev–Trinajstić information content (AvgIpc) is 3.10. The van der Waals surface area contributed by atoms with Crippen LogP contribution in [0.3, 0.4) is 0 Å². The number of aromatic nitrogens is 1. The van der Waals surface area contributed by atoms with Crippen molar-refractivity contribution in [3.8, 4) is 11.1 Å². The fraction of sp³-hybridized carbons (Fsp3) is 0.0714. The zero-order valence-corrected chi connectivity index (χ0v) is 12.7. The smallest absolute Gasteiger partial charge is 0.273 e. The van der Waals surface area contributed by atoms with Crippen molar-refractivity contribution in [3.05, 3.63) is 53.5 Å². The molecule has 0 aliphatic heterocycles. The zero-order valence-electron chi connectivity index (χ0n) is 11.1. The largest absolute Gasteiger partial charge is 0.337 e. The Kier molecular flexibility index (Phi) is 3.52. The molecule has 3 aromatic rings. The van der Waals surface area contributed by atoms with Crippen LogP contribution in [0.1, 0.15) is 5.56 Å². The first kappa shape index (κ1) is 13.8. The van der Waals surface area contributed by atoms with Crippen LogP contribution >= 0.6 is 11.3 Å². The third kappa shape index (κ3) is 2.84. The highest BCUT2D eigenvalue weighted by molar-refractivity contribution is 7.94. The van der Waals surface area contributed by atoms with E-state index in [1.54, 1.807) is 11.4 Å². The van der Waals surface area contributed by atoms with Crippen molar-refractivity contribution in [2.24, 2.45) is 0 Å². The number of rotatable bonds is 4. The minimum absolute atomic E-state index is 0.118. The lowest BCUT2D eigenvalue weighted by Gasteiger charge is -2.05. The van der Waals surface area contributed by atoms with Crippen LogP contribution in [0.4, 0.5) is 5.88 Å². The molecule has 2 aromatic heterocycles. The van der Waals surface area contributed by atoms with E-state index >= 15 is 0 Å². The Labute approximate surface area is 126 Å². The number of anilines is 1. The van der Waals surface area contributed by atoms with E-state index in [2.05, 4.69) is 9.88 Å². The van der Waals surface area contributed by atoms with E-state index in [0.29, 0.717) is 5.56 Å². The molecule has 1 aromatic carbocycles. The highest BCUT2D eigenvalue weighted by atomic mass is 32.2. The van der Waals surface area contributed by atoms with E-state index in [0.717, 1.165) is 22.5 Å². The summed E-state index contributed by atoms with van der Waals surface area (Å²) < 4.78 is 32.1. The van der Waals surface area contributed by atoms with E-state index in [9.17, 15) is 8.42 Å². The first-order valence-corrected chi connectivity index (χ1v) is 8.50. The quantitative estimate of drug-likeness (QED) is 0.798. The molecule has 1 N–H and O–H groups in total. The van der Waals surface area contributed by atoms with Crippen molar-refractivity contribution in [1.82, 2.24) is 5.16 Å². The Morgan fingerprint density at radius 2 is 1.95 bits per heavy atom. The lowest BCUT2D eigenvalue weighted by Crippen LogP contribution is -2.11. The van der Waals surface area contributed by atoms with E-state index in [-0.39, 0.29) is 10.1 Å². The molecular weight excluding hydrogens is 308 g/mol. The second-order valence-electron chi connectivity index (χ2n) is 4.47. The Morgan fingerprint density at radius 1 is 1.19 bits per heavy atom. The van der Waals surface area contributed by atoms with Gasteiger partial charge in [-0.1, -0.05) is 41.1 Å². The predicted octanol–water partition coefficient (Wildman–Crippen LogP) is 3.51. The molecule has 0 fully saturated rings. The number of thiophene rings is 1. The number of benzene rings is 1. The van der Waals surface area contributed by atoms with Crippen molar-refractivity contribution < 1.29 is 12.9 Å². The maximum atomic E-state index is 12.2. The second-order valence-corrected chi connectivity index (χ2v) is 7.33. The van der Waals surface area contributed by atoms with Gasteiger partial charge in [0.25, 0.3) is 10.0 Å². The van der Waals surface area contributed by atoms with E-state index in [1.807, 2.05) is 31.2 Å². The highest BCUT2D eigenvalue weighted by Crippen LogP contribution is 2.30. The molecule has 0 bridgehead atoms. The van der Waals surface area contributed by atoms with Gasteiger partial charge in [0.2, 0.25) is 5.88 Å². The summed E-state index contributed by atoms with van der Waals surface area (Å²) >= 11 is 1.14. The molecule has 3 rings (SSSR count). The molecule has 0 amide bonds. The first-order valence-electron chi connectivity index (χ1n) is 6.14. The van der Waals surface area contributed by atoms with Gasteiger partial charge < -0.3 is 4.52 Å². The predicted molar refractivity (Wildman–Crippen MR) is 81.8 cm³/mol. The maximum Gasteiger partial charge on any atom is 0.273 e. The fourth-order valence-corrected chi connectivity index (χ4v) is 3.84. The van der Waals surface area contributed by atoms with Crippen LogP contribution in [0.2, 0.25) is 0 Å². The zero-order chi connectivity index (χ0) is 14.9. The Hall–Kier alpha value is -2.12. The summed E-state index contributed by atoms with van der Waals surface area (Å²) in [4.78, 5) is 0. The van der Waals surface area contributed by atoms with Crippen LogP contribution in [0.25, 0.3) is 11.1 Å². The monoisotopic (exact) mass is 320 g/mol. The molecule has 0 unspecified atom stereocenters. The Morgan fingerprint density at radius 3 is 2.62 bits per heavy atom. The minimum atomic E-state index is -3.64. The van der Waals surface area contributed by atoms with Crippen LogP contribution in [-0.2, 0) is 10.0 Å². The molecule has 0 aliphatic carbocycles.